The monoisotopic (exact) mass is 854 g/mol. The predicted molar refractivity (Wildman–Crippen MR) is 267 cm³/mol. The number of ether oxygens (including phenoxy) is 1. The lowest BCUT2D eigenvalue weighted by Crippen LogP contribution is -2.75. The summed E-state index contributed by atoms with van der Waals surface area (Å²) in [4.78, 5) is 5.41. The molecule has 2 fully saturated rings. The smallest absolute Gasteiger partial charge is 0.307 e. The maximum absolute atomic E-state index is 10.1. The van der Waals surface area contributed by atoms with Gasteiger partial charge in [-0.3, -0.25) is 4.40 Å². The van der Waals surface area contributed by atoms with Gasteiger partial charge in [0, 0.05) is 35.8 Å². The molecular weight excluding hydrogens is 797 g/mol. The van der Waals surface area contributed by atoms with E-state index in [1.54, 1.807) is 0 Å². The molecule has 0 radical (unpaired) electrons. The molecule has 2 aromatic heterocycles. The minimum atomic E-state index is -3.25. The van der Waals surface area contributed by atoms with E-state index in [1.807, 2.05) is 0 Å². The molecule has 0 saturated heterocycles. The second-order valence-corrected chi connectivity index (χ2v) is 23.3. The van der Waals surface area contributed by atoms with E-state index in [-0.39, 0.29) is 10.8 Å². The van der Waals surface area contributed by atoms with E-state index in [1.165, 1.54) is 31.9 Å². The zero-order valence-corrected chi connectivity index (χ0v) is 38.4. The summed E-state index contributed by atoms with van der Waals surface area (Å²) in [5.74, 6) is 0.968. The normalized spacial score (nSPS) is 18.9. The maximum atomic E-state index is 10.1. The van der Waals surface area contributed by atoms with Gasteiger partial charge in [-0.2, -0.15) is 4.98 Å². The van der Waals surface area contributed by atoms with E-state index < -0.39 is 19.9 Å². The first kappa shape index (κ1) is 37.2. The number of fused-ring (bicyclic) bond motifs is 7. The van der Waals surface area contributed by atoms with E-state index in [4.69, 9.17) is 14.1 Å². The molecule has 64 heavy (non-hydrogen) atoms. The van der Waals surface area contributed by atoms with Crippen molar-refractivity contribution in [2.75, 3.05) is 0 Å². The van der Waals surface area contributed by atoms with Crippen molar-refractivity contribution in [2.45, 2.75) is 102 Å². The van der Waals surface area contributed by atoms with Crippen LogP contribution in [0.15, 0.2) is 162 Å². The third kappa shape index (κ3) is 5.75. The van der Waals surface area contributed by atoms with Gasteiger partial charge in [0.25, 0.3) is 0 Å². The van der Waals surface area contributed by atoms with Crippen molar-refractivity contribution in [1.29, 1.82) is 0 Å². The Morgan fingerprint density at radius 2 is 1.17 bits per heavy atom. The Morgan fingerprint density at radius 3 is 1.89 bits per heavy atom. The van der Waals surface area contributed by atoms with Crippen LogP contribution >= 0.6 is 0 Å². The fourth-order valence-electron chi connectivity index (χ4n) is 11.9. The first-order chi connectivity index (χ1) is 32.0. The van der Waals surface area contributed by atoms with Gasteiger partial charge in [0.15, 0.2) is 13.7 Å². The van der Waals surface area contributed by atoms with E-state index >= 15 is 0 Å². The van der Waals surface area contributed by atoms with Crippen LogP contribution in [-0.4, -0.2) is 17.5 Å². The first-order valence-corrected chi connectivity index (χ1v) is 25.5. The zero-order valence-electron chi connectivity index (χ0n) is 39.4. The van der Waals surface area contributed by atoms with Crippen molar-refractivity contribution < 1.29 is 11.9 Å². The summed E-state index contributed by atoms with van der Waals surface area (Å²) in [6.07, 6.45) is 7.46. The van der Waals surface area contributed by atoms with Gasteiger partial charge >= 0.3 is 5.84 Å². The number of nitrogens with zero attached hydrogens (tertiary/aromatic N) is 2. The van der Waals surface area contributed by atoms with Gasteiger partial charge in [0.1, 0.15) is 17.0 Å². The SMILES string of the molecule is [2H]C1(c2ccc3c(nc4oc5c(C6([2H])CCCC6)cccc5n43)c2-c2cccc([Si](c3ccccc3)(c3ccccc3)c3cccc4c3Oc3ccccc3C(C)(C)C4(C)C)c2)CCCC1. The Bertz CT molecular complexity index is 3300. The maximum Gasteiger partial charge on any atom is 0.307 e. The number of rotatable bonds is 7. The molecule has 5 heteroatoms. The molecule has 4 nitrogen and oxygen atoms in total. The summed E-state index contributed by atoms with van der Waals surface area (Å²) in [7, 11) is -3.25. The summed E-state index contributed by atoms with van der Waals surface area (Å²) in [5, 5.41) is 4.97. The zero-order chi connectivity index (χ0) is 45.1. The fraction of sp³-hybridized carbons (Fsp3) is 0.271. The van der Waals surface area contributed by atoms with Gasteiger partial charge in [-0.15, -0.1) is 0 Å². The van der Waals surface area contributed by atoms with Gasteiger partial charge in [-0.1, -0.05) is 193 Å². The van der Waals surface area contributed by atoms with Crippen LogP contribution in [-0.2, 0) is 10.8 Å². The van der Waals surface area contributed by atoms with Crippen molar-refractivity contribution in [2.24, 2.45) is 0 Å². The van der Waals surface area contributed by atoms with Crippen LogP contribution in [0.25, 0.3) is 39.1 Å². The molecule has 9 aromatic rings. The number of oxazole rings is 1. The average molecular weight is 855 g/mol. The molecule has 0 amide bonds. The summed E-state index contributed by atoms with van der Waals surface area (Å²) >= 11 is 0. The predicted octanol–water partition coefficient (Wildman–Crippen LogP) is 13.0. The Kier molecular flexibility index (Phi) is 8.70. The first-order valence-electron chi connectivity index (χ1n) is 24.5. The lowest BCUT2D eigenvalue weighted by Gasteiger charge is -2.42. The molecule has 7 aromatic carbocycles. The molecule has 2 saturated carbocycles. The third-order valence-corrected chi connectivity index (χ3v) is 20.6. The van der Waals surface area contributed by atoms with E-state index in [2.05, 4.69) is 190 Å². The van der Waals surface area contributed by atoms with Crippen molar-refractivity contribution in [1.82, 2.24) is 9.38 Å². The number of benzene rings is 7. The topological polar surface area (TPSA) is 39.7 Å². The molecule has 0 unspecified atom stereocenters. The molecule has 318 valence electrons. The standard InChI is InChI=1S/C59H56N2O2Si/c1-58(2)47-31-15-16-34-51(47)62-56-48(59(58,3)4)32-19-35-52(56)64(42-25-7-5-8-26-42,43-27-9-6-10-28-43)44-29-17-24-41(38-44)53-45(39-20-11-12-21-39)36-37-49-54(53)60-57-61(49)50-33-18-30-46(55(50)63-57)40-22-13-14-23-40/h5-10,15-19,24-40H,11-14,20-23H2,1-4H3/i39D,40D. The second-order valence-electron chi connectivity index (χ2n) is 19.6. The Hall–Kier alpha value is -6.17. The summed E-state index contributed by atoms with van der Waals surface area (Å²) in [6, 6.07) is 57.7. The van der Waals surface area contributed by atoms with E-state index in [0.717, 1.165) is 107 Å². The third-order valence-electron chi connectivity index (χ3n) is 15.8. The van der Waals surface area contributed by atoms with Crippen LogP contribution < -0.4 is 25.5 Å². The minimum Gasteiger partial charge on any atom is -0.457 e. The fourth-order valence-corrected chi connectivity index (χ4v) is 16.8. The van der Waals surface area contributed by atoms with Crippen LogP contribution in [0, 0.1) is 0 Å². The van der Waals surface area contributed by atoms with Crippen molar-refractivity contribution >= 4 is 56.8 Å². The number of para-hydroxylation sites is 3. The van der Waals surface area contributed by atoms with Crippen LogP contribution in [0.3, 0.4) is 0 Å². The Morgan fingerprint density at radius 1 is 0.578 bits per heavy atom. The van der Waals surface area contributed by atoms with Crippen molar-refractivity contribution in [3.63, 3.8) is 0 Å². The largest absolute Gasteiger partial charge is 0.457 e. The van der Waals surface area contributed by atoms with Crippen LogP contribution in [0.4, 0.5) is 0 Å². The summed E-state index contributed by atoms with van der Waals surface area (Å²) < 4.78 is 35.9. The molecule has 12 rings (SSSR count). The lowest BCUT2D eigenvalue weighted by atomic mass is 9.61. The Labute approximate surface area is 380 Å². The average Bonchev–Trinajstić information content (AvgIpc) is 4.14. The highest BCUT2D eigenvalue weighted by Gasteiger charge is 2.50. The number of hydrogen-bond acceptors (Lipinski definition) is 3. The molecular formula is C59H56N2O2Si. The van der Waals surface area contributed by atoms with Gasteiger partial charge in [-0.25, -0.2) is 0 Å². The lowest BCUT2D eigenvalue weighted by molar-refractivity contribution is 0.306. The second kappa shape index (κ2) is 15.0. The van der Waals surface area contributed by atoms with Gasteiger partial charge < -0.3 is 9.15 Å². The molecule has 0 spiro atoms. The van der Waals surface area contributed by atoms with Crippen molar-refractivity contribution in [3.05, 3.63) is 180 Å². The van der Waals surface area contributed by atoms with Gasteiger partial charge in [-0.05, 0) is 87.5 Å². The Balaban J connectivity index is 1.15. The highest BCUT2D eigenvalue weighted by molar-refractivity contribution is 7.20. The van der Waals surface area contributed by atoms with E-state index in [9.17, 15) is 2.74 Å². The van der Waals surface area contributed by atoms with E-state index in [0.29, 0.717) is 5.84 Å². The molecule has 0 N–H and O–H groups in total. The highest BCUT2D eigenvalue weighted by atomic mass is 28.3. The molecule has 3 heterocycles. The summed E-state index contributed by atoms with van der Waals surface area (Å²) in [5.41, 5.74) is 9.41. The van der Waals surface area contributed by atoms with Crippen LogP contribution in [0.2, 0.25) is 0 Å². The van der Waals surface area contributed by atoms with Gasteiger partial charge in [0.2, 0.25) is 0 Å². The molecule has 1 aliphatic heterocycles. The van der Waals surface area contributed by atoms with Crippen LogP contribution in [0.1, 0.15) is 116 Å². The molecule has 3 aliphatic rings. The van der Waals surface area contributed by atoms with Crippen molar-refractivity contribution in [3.8, 4) is 22.6 Å². The summed E-state index contributed by atoms with van der Waals surface area (Å²) in [6.45, 7) is 9.47. The van der Waals surface area contributed by atoms with Gasteiger partial charge in [0.05, 0.1) is 11.0 Å². The number of hydrogen-bond donors (Lipinski definition) is 0. The highest BCUT2D eigenvalue weighted by Crippen LogP contribution is 2.53. The number of aromatic nitrogens is 2. The molecule has 2 aliphatic carbocycles. The molecule has 0 bridgehead atoms. The van der Waals surface area contributed by atoms with Crippen LogP contribution in [0.5, 0.6) is 11.5 Å². The minimum absolute atomic E-state index is 0.242. The molecule has 0 atom stereocenters. The quantitative estimate of drug-likeness (QED) is 0.118. The number of imidazole rings is 1.